The lowest BCUT2D eigenvalue weighted by molar-refractivity contribution is -0.137. The molecule has 1 atom stereocenters. The molecule has 19 heavy (non-hydrogen) atoms. The Bertz CT molecular complexity index is 470. The highest BCUT2D eigenvalue weighted by Crippen LogP contribution is 2.14. The number of morpholine rings is 1. The van der Waals surface area contributed by atoms with Crippen molar-refractivity contribution in [2.45, 2.75) is 12.5 Å². The molecular formula is C13H14BrF2NO2. The van der Waals surface area contributed by atoms with Crippen molar-refractivity contribution in [1.29, 1.82) is 0 Å². The summed E-state index contributed by atoms with van der Waals surface area (Å²) in [5, 5.41) is 0.644. The molecule has 104 valence electrons. The van der Waals surface area contributed by atoms with Crippen molar-refractivity contribution in [3.05, 3.63) is 35.4 Å². The zero-order valence-corrected chi connectivity index (χ0v) is 11.8. The third-order valence-electron chi connectivity index (χ3n) is 3.04. The van der Waals surface area contributed by atoms with E-state index in [0.717, 1.165) is 6.07 Å². The maximum Gasteiger partial charge on any atom is 0.227 e. The first kappa shape index (κ1) is 14.4. The van der Waals surface area contributed by atoms with E-state index in [4.69, 9.17) is 4.74 Å². The number of carbonyl (C=O) groups excluding carboxylic acids is 1. The predicted octanol–water partition coefficient (Wildman–Crippen LogP) is 2.13. The van der Waals surface area contributed by atoms with Crippen LogP contribution in [0.25, 0.3) is 0 Å². The number of hydrogen-bond donors (Lipinski definition) is 0. The summed E-state index contributed by atoms with van der Waals surface area (Å²) >= 11 is 3.30. The van der Waals surface area contributed by atoms with Crippen LogP contribution in [0.4, 0.5) is 8.78 Å². The summed E-state index contributed by atoms with van der Waals surface area (Å²) in [7, 11) is 0. The average molecular weight is 334 g/mol. The Hall–Kier alpha value is -1.01. The Labute approximate surface area is 118 Å². The lowest BCUT2D eigenvalue weighted by Gasteiger charge is -2.32. The van der Waals surface area contributed by atoms with Gasteiger partial charge in [-0.05, 0) is 6.07 Å². The van der Waals surface area contributed by atoms with Gasteiger partial charge in [-0.15, -0.1) is 0 Å². The van der Waals surface area contributed by atoms with E-state index in [2.05, 4.69) is 15.9 Å². The molecule has 1 aromatic rings. The second-order valence-corrected chi connectivity index (χ2v) is 5.02. The minimum absolute atomic E-state index is 0.0462. The van der Waals surface area contributed by atoms with Crippen LogP contribution in [0.15, 0.2) is 18.2 Å². The minimum atomic E-state index is -0.943. The molecular weight excluding hydrogens is 320 g/mol. The lowest BCUT2D eigenvalue weighted by Crippen LogP contribution is -2.46. The quantitative estimate of drug-likeness (QED) is 0.793. The van der Waals surface area contributed by atoms with Gasteiger partial charge in [0.2, 0.25) is 5.91 Å². The molecule has 1 unspecified atom stereocenters. The molecule has 1 aromatic carbocycles. The van der Waals surface area contributed by atoms with Crippen LogP contribution >= 0.6 is 15.9 Å². The van der Waals surface area contributed by atoms with Gasteiger partial charge in [0, 0.05) is 24.0 Å². The number of rotatable bonds is 3. The first-order chi connectivity index (χ1) is 9.11. The maximum absolute atomic E-state index is 13.5. The fourth-order valence-corrected chi connectivity index (χ4v) is 2.39. The second-order valence-electron chi connectivity index (χ2n) is 4.38. The van der Waals surface area contributed by atoms with Gasteiger partial charge in [0.1, 0.15) is 0 Å². The molecule has 1 fully saturated rings. The van der Waals surface area contributed by atoms with Gasteiger partial charge in [0.05, 0.1) is 19.1 Å². The van der Waals surface area contributed by atoms with E-state index < -0.39 is 11.6 Å². The summed E-state index contributed by atoms with van der Waals surface area (Å²) in [4.78, 5) is 13.7. The molecule has 6 heteroatoms. The molecule has 0 N–H and O–H groups in total. The van der Waals surface area contributed by atoms with E-state index in [0.29, 0.717) is 25.0 Å². The number of alkyl halides is 1. The summed E-state index contributed by atoms with van der Waals surface area (Å²) in [6, 6.07) is 3.87. The topological polar surface area (TPSA) is 29.5 Å². The SMILES string of the molecule is O=C(Cc1cccc(F)c1F)N1CCOC(CBr)C1. The standard InChI is InChI=1S/C13H14BrF2NO2/c14-7-10-8-17(4-5-19-10)12(18)6-9-2-1-3-11(15)13(9)16/h1-3,10H,4-8H2. The smallest absolute Gasteiger partial charge is 0.227 e. The second kappa shape index (κ2) is 6.43. The van der Waals surface area contributed by atoms with Gasteiger partial charge in [-0.2, -0.15) is 0 Å². The minimum Gasteiger partial charge on any atom is -0.374 e. The van der Waals surface area contributed by atoms with Crippen molar-refractivity contribution in [2.75, 3.05) is 25.0 Å². The predicted molar refractivity (Wildman–Crippen MR) is 70.2 cm³/mol. The van der Waals surface area contributed by atoms with Crippen molar-refractivity contribution >= 4 is 21.8 Å². The van der Waals surface area contributed by atoms with Crippen LogP contribution in [0.3, 0.4) is 0 Å². The van der Waals surface area contributed by atoms with Crippen LogP contribution < -0.4 is 0 Å². The van der Waals surface area contributed by atoms with Gasteiger partial charge in [-0.1, -0.05) is 28.1 Å². The van der Waals surface area contributed by atoms with E-state index >= 15 is 0 Å². The number of ether oxygens (including phenoxy) is 1. The van der Waals surface area contributed by atoms with Crippen LogP contribution in [-0.4, -0.2) is 41.9 Å². The van der Waals surface area contributed by atoms with Gasteiger partial charge >= 0.3 is 0 Å². The number of hydrogen-bond acceptors (Lipinski definition) is 2. The fourth-order valence-electron chi connectivity index (χ4n) is 2.00. The summed E-state index contributed by atoms with van der Waals surface area (Å²) in [5.41, 5.74) is 0.0897. The Morgan fingerprint density at radius 3 is 3.00 bits per heavy atom. The zero-order valence-electron chi connectivity index (χ0n) is 10.2. The molecule has 0 aliphatic carbocycles. The van der Waals surface area contributed by atoms with E-state index in [9.17, 15) is 13.6 Å². The molecule has 1 aliphatic heterocycles. The van der Waals surface area contributed by atoms with E-state index in [1.165, 1.54) is 12.1 Å². The summed E-state index contributed by atoms with van der Waals surface area (Å²) in [5.74, 6) is -2.08. The first-order valence-electron chi connectivity index (χ1n) is 6.00. The number of carbonyl (C=O) groups is 1. The van der Waals surface area contributed by atoms with Crippen molar-refractivity contribution in [1.82, 2.24) is 4.90 Å². The van der Waals surface area contributed by atoms with Gasteiger partial charge in [-0.25, -0.2) is 8.78 Å². The van der Waals surface area contributed by atoms with Crippen molar-refractivity contribution in [3.63, 3.8) is 0 Å². The van der Waals surface area contributed by atoms with Gasteiger partial charge in [-0.3, -0.25) is 4.79 Å². The Balaban J connectivity index is 2.02. The van der Waals surface area contributed by atoms with Crippen molar-refractivity contribution < 1.29 is 18.3 Å². The largest absolute Gasteiger partial charge is 0.374 e. The van der Waals surface area contributed by atoms with Crippen molar-refractivity contribution in [3.8, 4) is 0 Å². The molecule has 0 spiro atoms. The fraction of sp³-hybridized carbons (Fsp3) is 0.462. The van der Waals surface area contributed by atoms with E-state index in [1.807, 2.05) is 0 Å². The van der Waals surface area contributed by atoms with Crippen LogP contribution in [0.5, 0.6) is 0 Å². The molecule has 0 aromatic heterocycles. The number of amides is 1. The Morgan fingerprint density at radius 1 is 1.47 bits per heavy atom. The molecule has 1 amide bonds. The third-order valence-corrected chi connectivity index (χ3v) is 3.76. The van der Waals surface area contributed by atoms with Crippen LogP contribution in [0.2, 0.25) is 0 Å². The third kappa shape index (κ3) is 3.51. The highest BCUT2D eigenvalue weighted by molar-refractivity contribution is 9.09. The maximum atomic E-state index is 13.5. The van der Waals surface area contributed by atoms with Crippen LogP contribution in [0, 0.1) is 11.6 Å². The average Bonchev–Trinajstić information content (AvgIpc) is 2.44. The molecule has 0 saturated carbocycles. The summed E-state index contributed by atoms with van der Waals surface area (Å²) in [6.45, 7) is 1.42. The Morgan fingerprint density at radius 2 is 2.26 bits per heavy atom. The molecule has 0 radical (unpaired) electrons. The van der Waals surface area contributed by atoms with Gasteiger partial charge < -0.3 is 9.64 Å². The number of benzene rings is 1. The summed E-state index contributed by atoms with van der Waals surface area (Å²) in [6.07, 6.45) is -0.173. The van der Waals surface area contributed by atoms with Gasteiger partial charge in [0.25, 0.3) is 0 Å². The molecule has 0 bridgehead atoms. The van der Waals surface area contributed by atoms with Crippen LogP contribution in [-0.2, 0) is 16.0 Å². The zero-order chi connectivity index (χ0) is 13.8. The molecule has 1 aliphatic rings. The molecule has 2 rings (SSSR count). The first-order valence-corrected chi connectivity index (χ1v) is 7.12. The van der Waals surface area contributed by atoms with Crippen molar-refractivity contribution in [2.24, 2.45) is 0 Å². The lowest BCUT2D eigenvalue weighted by atomic mass is 10.1. The van der Waals surface area contributed by atoms with E-state index in [-0.39, 0.29) is 24.0 Å². The highest BCUT2D eigenvalue weighted by atomic mass is 79.9. The number of halogens is 3. The Kier molecular flexibility index (Phi) is 4.87. The highest BCUT2D eigenvalue weighted by Gasteiger charge is 2.24. The monoisotopic (exact) mass is 333 g/mol. The number of nitrogens with zero attached hydrogens (tertiary/aromatic N) is 1. The molecule has 1 heterocycles. The van der Waals surface area contributed by atoms with E-state index in [1.54, 1.807) is 4.90 Å². The summed E-state index contributed by atoms with van der Waals surface area (Å²) < 4.78 is 32.0. The van der Waals surface area contributed by atoms with Gasteiger partial charge in [0.15, 0.2) is 11.6 Å². The van der Waals surface area contributed by atoms with Crippen LogP contribution in [0.1, 0.15) is 5.56 Å². The molecule has 3 nitrogen and oxygen atoms in total. The molecule has 1 saturated heterocycles. The normalized spacial score (nSPS) is 19.5.